The predicted molar refractivity (Wildman–Crippen MR) is 235 cm³/mol. The summed E-state index contributed by atoms with van der Waals surface area (Å²) in [6, 6.07) is 38.8. The average Bonchev–Trinajstić information content (AvgIpc) is 4.19. The van der Waals surface area contributed by atoms with Crippen molar-refractivity contribution in [2.75, 3.05) is 9.80 Å². The van der Waals surface area contributed by atoms with Crippen LogP contribution in [0.15, 0.2) is 146 Å². The van der Waals surface area contributed by atoms with E-state index in [9.17, 15) is 19.2 Å². The van der Waals surface area contributed by atoms with Crippen LogP contribution in [0, 0.1) is 47.3 Å². The molecule has 6 aliphatic rings. The van der Waals surface area contributed by atoms with E-state index >= 15 is 0 Å². The molecule has 4 amide bonds. The van der Waals surface area contributed by atoms with Gasteiger partial charge in [0.2, 0.25) is 23.6 Å². The summed E-state index contributed by atoms with van der Waals surface area (Å²) in [6.45, 7) is 0. The van der Waals surface area contributed by atoms with Crippen molar-refractivity contribution >= 4 is 56.8 Å². The molecular weight excluding hydrogens is 773 g/mol. The summed E-state index contributed by atoms with van der Waals surface area (Å²) in [4.78, 5) is 78.0. The molecule has 298 valence electrons. The molecule has 0 unspecified atom stereocenters. The van der Waals surface area contributed by atoms with Crippen LogP contribution < -0.4 is 9.80 Å². The number of nitrogens with zero attached hydrogens (tertiary/aromatic N) is 6. The molecule has 5 aromatic carbocycles. The fourth-order valence-electron chi connectivity index (χ4n) is 11.5. The Balaban J connectivity index is 0.861. The van der Waals surface area contributed by atoms with Crippen LogP contribution in [0.4, 0.5) is 11.4 Å². The number of hydrogen-bond donors (Lipinski definition) is 0. The summed E-state index contributed by atoms with van der Waals surface area (Å²) >= 11 is 0. The number of hydrogen-bond acceptors (Lipinski definition) is 8. The number of fused-ring (bicyclic) bond motifs is 12. The Labute approximate surface area is 355 Å². The highest BCUT2D eigenvalue weighted by atomic mass is 16.2. The lowest BCUT2D eigenvalue weighted by Crippen LogP contribution is -2.32. The van der Waals surface area contributed by atoms with Gasteiger partial charge in [-0.25, -0.2) is 29.7 Å². The molecule has 10 heteroatoms. The summed E-state index contributed by atoms with van der Waals surface area (Å²) in [5.74, 6) is -0.0423. The Morgan fingerprint density at radius 2 is 0.742 bits per heavy atom. The van der Waals surface area contributed by atoms with Gasteiger partial charge < -0.3 is 0 Å². The third-order valence-corrected chi connectivity index (χ3v) is 14.3. The van der Waals surface area contributed by atoms with Gasteiger partial charge >= 0.3 is 0 Å². The van der Waals surface area contributed by atoms with Gasteiger partial charge in [-0.3, -0.25) is 19.2 Å². The molecule has 4 bridgehead atoms. The van der Waals surface area contributed by atoms with Crippen molar-refractivity contribution in [2.24, 2.45) is 47.3 Å². The van der Waals surface area contributed by atoms with Crippen LogP contribution >= 0.6 is 0 Å². The van der Waals surface area contributed by atoms with Gasteiger partial charge in [0.15, 0.2) is 11.6 Å². The molecule has 10 nitrogen and oxygen atoms in total. The van der Waals surface area contributed by atoms with Crippen molar-refractivity contribution < 1.29 is 19.2 Å². The van der Waals surface area contributed by atoms with Crippen LogP contribution in [0.25, 0.3) is 67.1 Å². The highest BCUT2D eigenvalue weighted by molar-refractivity contribution is 6.24. The number of carbonyl (C=O) groups excluding carboxylic acids is 4. The second kappa shape index (κ2) is 13.0. The minimum atomic E-state index is -0.284. The summed E-state index contributed by atoms with van der Waals surface area (Å²) in [6.07, 6.45) is 10.2. The molecule has 0 N–H and O–H groups in total. The maximum atomic E-state index is 13.7. The third-order valence-electron chi connectivity index (χ3n) is 14.3. The summed E-state index contributed by atoms with van der Waals surface area (Å²) in [5, 5.41) is 1.50. The summed E-state index contributed by atoms with van der Waals surface area (Å²) in [5.41, 5.74) is 7.24. The van der Waals surface area contributed by atoms with Gasteiger partial charge in [-0.15, -0.1) is 0 Å². The lowest BCUT2D eigenvalue weighted by Gasteiger charge is -2.19. The number of benzene rings is 5. The molecule has 7 aromatic rings. The Morgan fingerprint density at radius 3 is 1.10 bits per heavy atom. The van der Waals surface area contributed by atoms with Gasteiger partial charge in [-0.2, -0.15) is 0 Å². The molecule has 2 saturated carbocycles. The standard InChI is InChI=1S/C52H36N6O4/c59-49-41-31-15-16-32(23-31)42(41)50(60)57(49)35-19-21-39-37(25-35)45(27-7-3-1-4-8-27)55-47(53-39)29-11-13-30(14-12-29)48-54-40-22-20-36(26-38(40)46(56-48)28-9-5-2-6-10-28)58-51(61)43-33-17-18-34(24-33)44(43)52(58)62/h1-22,25-26,31-34,41-44H,23-24H2/t31-,32-,33-,34+,41-,42+,43-,44-/m0/s1. The molecule has 2 aromatic heterocycles. The molecule has 13 rings (SSSR count). The van der Waals surface area contributed by atoms with E-state index in [4.69, 9.17) is 19.9 Å². The van der Waals surface area contributed by atoms with E-state index in [-0.39, 0.29) is 71.0 Å². The topological polar surface area (TPSA) is 126 Å². The second-order valence-electron chi connectivity index (χ2n) is 17.5. The quantitative estimate of drug-likeness (QED) is 0.121. The Bertz CT molecular complexity index is 2910. The van der Waals surface area contributed by atoms with Crippen LogP contribution in [0.5, 0.6) is 0 Å². The van der Waals surface area contributed by atoms with Gasteiger partial charge in [0.05, 0.1) is 57.5 Å². The number of amides is 4. The average molecular weight is 809 g/mol. The maximum absolute atomic E-state index is 13.7. The molecule has 4 heterocycles. The first-order valence-electron chi connectivity index (χ1n) is 21.4. The second-order valence-corrected chi connectivity index (χ2v) is 17.5. The van der Waals surface area contributed by atoms with Crippen LogP contribution in [-0.4, -0.2) is 43.6 Å². The maximum Gasteiger partial charge on any atom is 0.238 e. The first-order chi connectivity index (χ1) is 30.4. The van der Waals surface area contributed by atoms with E-state index in [0.717, 1.165) is 45.9 Å². The molecule has 4 aliphatic carbocycles. The Morgan fingerprint density at radius 1 is 0.387 bits per heavy atom. The van der Waals surface area contributed by atoms with Crippen LogP contribution in [0.1, 0.15) is 12.8 Å². The number of allylic oxidation sites excluding steroid dienone is 4. The normalized spacial score (nSPS) is 26.5. The monoisotopic (exact) mass is 808 g/mol. The van der Waals surface area contributed by atoms with E-state index in [0.29, 0.717) is 45.4 Å². The minimum Gasteiger partial charge on any atom is -0.274 e. The number of rotatable bonds is 6. The number of anilines is 2. The zero-order chi connectivity index (χ0) is 41.4. The SMILES string of the molecule is O=C1[C@@H]2[C@@H](C(=O)N1c1ccc3nc(-c4ccc(-c5nc(-c6ccccc6)c6cc(N7C(=O)[C@@H]8[C@H](C7=O)[C@H]7C=C[C@H]8C7)ccc6n5)cc4)nc(-c4ccccc4)c3c1)[C@H]1C=C[C@@H]2C1. The van der Waals surface area contributed by atoms with Crippen molar-refractivity contribution in [3.8, 4) is 45.3 Å². The lowest BCUT2D eigenvalue weighted by atomic mass is 9.85. The van der Waals surface area contributed by atoms with Gasteiger partial charge in [0, 0.05) is 33.0 Å². The van der Waals surface area contributed by atoms with E-state index in [1.807, 2.05) is 121 Å². The van der Waals surface area contributed by atoms with Crippen LogP contribution in [0.3, 0.4) is 0 Å². The molecular formula is C52H36N6O4. The highest BCUT2D eigenvalue weighted by Gasteiger charge is 2.60. The Kier molecular flexibility index (Phi) is 7.42. The van der Waals surface area contributed by atoms with Crippen molar-refractivity contribution in [3.63, 3.8) is 0 Å². The van der Waals surface area contributed by atoms with E-state index in [1.54, 1.807) is 0 Å². The summed E-state index contributed by atoms with van der Waals surface area (Å²) < 4.78 is 0. The zero-order valence-corrected chi connectivity index (χ0v) is 33.2. The largest absolute Gasteiger partial charge is 0.274 e. The first kappa shape index (κ1) is 35.3. The van der Waals surface area contributed by atoms with Gasteiger partial charge in [0.1, 0.15) is 0 Å². The van der Waals surface area contributed by atoms with Crippen molar-refractivity contribution in [3.05, 3.63) is 146 Å². The van der Waals surface area contributed by atoms with Crippen molar-refractivity contribution in [2.45, 2.75) is 12.8 Å². The number of aromatic nitrogens is 4. The summed E-state index contributed by atoms with van der Waals surface area (Å²) in [7, 11) is 0. The van der Waals surface area contributed by atoms with Gasteiger partial charge in [-0.05, 0) is 72.9 Å². The fraction of sp³-hybridized carbons (Fsp3) is 0.192. The smallest absolute Gasteiger partial charge is 0.238 e. The predicted octanol–water partition coefficient (Wildman–Crippen LogP) is 8.86. The molecule has 8 atom stereocenters. The minimum absolute atomic E-state index is 0.118. The van der Waals surface area contributed by atoms with Crippen molar-refractivity contribution in [1.29, 1.82) is 0 Å². The van der Waals surface area contributed by atoms with E-state index < -0.39 is 0 Å². The molecule has 0 radical (unpaired) electrons. The highest BCUT2D eigenvalue weighted by Crippen LogP contribution is 2.55. The van der Waals surface area contributed by atoms with Gasteiger partial charge in [-0.1, -0.05) is 109 Å². The molecule has 4 fully saturated rings. The third kappa shape index (κ3) is 5.03. The van der Waals surface area contributed by atoms with Crippen molar-refractivity contribution in [1.82, 2.24) is 19.9 Å². The molecule has 2 saturated heterocycles. The molecule has 2 aliphatic heterocycles. The zero-order valence-electron chi connectivity index (χ0n) is 33.2. The Hall–Kier alpha value is -7.46. The van der Waals surface area contributed by atoms with E-state index in [2.05, 4.69) is 24.3 Å². The number of imide groups is 2. The molecule has 0 spiro atoms. The number of carbonyl (C=O) groups is 4. The van der Waals surface area contributed by atoms with Crippen LogP contribution in [-0.2, 0) is 19.2 Å². The van der Waals surface area contributed by atoms with Gasteiger partial charge in [0.25, 0.3) is 0 Å². The molecule has 62 heavy (non-hydrogen) atoms. The first-order valence-corrected chi connectivity index (χ1v) is 21.4. The van der Waals surface area contributed by atoms with Crippen LogP contribution in [0.2, 0.25) is 0 Å². The van der Waals surface area contributed by atoms with E-state index in [1.165, 1.54) is 9.80 Å². The lowest BCUT2D eigenvalue weighted by molar-refractivity contribution is -0.124. The fourth-order valence-corrected chi connectivity index (χ4v) is 11.5.